The van der Waals surface area contributed by atoms with Crippen molar-refractivity contribution in [3.63, 3.8) is 0 Å². The van der Waals surface area contributed by atoms with Crippen LogP contribution in [0.5, 0.6) is 0 Å². The third-order valence-corrected chi connectivity index (χ3v) is 9.29. The molecule has 2 aromatic heterocycles. The second-order valence-corrected chi connectivity index (χ2v) is 11.9. The predicted octanol–water partition coefficient (Wildman–Crippen LogP) is 3.82. The van der Waals surface area contributed by atoms with Crippen LogP contribution < -0.4 is 15.8 Å². The highest BCUT2D eigenvalue weighted by Crippen LogP contribution is 2.41. The van der Waals surface area contributed by atoms with Crippen molar-refractivity contribution in [2.75, 3.05) is 57.4 Å². The Bertz CT molecular complexity index is 1150. The minimum absolute atomic E-state index is 0.115. The molecule has 6 rings (SSSR count). The number of morpholine rings is 1. The van der Waals surface area contributed by atoms with Gasteiger partial charge in [0.2, 0.25) is 0 Å². The van der Waals surface area contributed by atoms with Crippen LogP contribution in [0.3, 0.4) is 0 Å². The Morgan fingerprint density at radius 1 is 1.00 bits per heavy atom. The summed E-state index contributed by atoms with van der Waals surface area (Å²) in [6.45, 7) is 7.55. The molecule has 40 heavy (non-hydrogen) atoms. The summed E-state index contributed by atoms with van der Waals surface area (Å²) in [7, 11) is 0. The maximum absolute atomic E-state index is 12.8. The summed E-state index contributed by atoms with van der Waals surface area (Å²) in [6, 6.07) is 4.96. The van der Waals surface area contributed by atoms with Crippen LogP contribution in [-0.4, -0.2) is 90.4 Å². The number of hydrogen-bond acceptors (Lipinski definition) is 8. The lowest BCUT2D eigenvalue weighted by atomic mass is 9.78. The van der Waals surface area contributed by atoms with Gasteiger partial charge in [-0.25, -0.2) is 15.2 Å². The maximum Gasteiger partial charge on any atom is 0.320 e. The van der Waals surface area contributed by atoms with E-state index in [1.54, 1.807) is 12.4 Å². The van der Waals surface area contributed by atoms with Crippen LogP contribution in [0, 0.1) is 5.92 Å². The zero-order valence-electron chi connectivity index (χ0n) is 22.8. The number of nitrogens with one attached hydrogen (secondary N) is 2. The summed E-state index contributed by atoms with van der Waals surface area (Å²) in [5.74, 6) is 1.34. The van der Waals surface area contributed by atoms with Gasteiger partial charge < -0.3 is 24.2 Å². The molecule has 4 fully saturated rings. The van der Waals surface area contributed by atoms with Gasteiger partial charge in [0, 0.05) is 69.5 Å². The van der Waals surface area contributed by atoms with Crippen molar-refractivity contribution in [2.24, 2.45) is 5.92 Å². The zero-order chi connectivity index (χ0) is 27.6. The van der Waals surface area contributed by atoms with Crippen LogP contribution in [0.1, 0.15) is 49.5 Å². The average molecular weight is 591 g/mol. The van der Waals surface area contributed by atoms with Gasteiger partial charge in [0.05, 0.1) is 41.5 Å². The summed E-state index contributed by atoms with van der Waals surface area (Å²) >= 11 is 12.8. The molecule has 5 atom stereocenters. The maximum atomic E-state index is 12.8. The Morgan fingerprint density at radius 3 is 2.42 bits per heavy atom. The summed E-state index contributed by atoms with van der Waals surface area (Å²) in [6.07, 6.45) is 8.06. The van der Waals surface area contributed by atoms with E-state index in [1.807, 2.05) is 22.9 Å². The van der Waals surface area contributed by atoms with Crippen molar-refractivity contribution in [1.82, 2.24) is 30.6 Å². The topological polar surface area (TPSA) is 95.1 Å². The number of amides is 2. The van der Waals surface area contributed by atoms with Crippen LogP contribution in [0.4, 0.5) is 10.6 Å². The Balaban J connectivity index is 1.04. The minimum Gasteiger partial charge on any atom is -0.378 e. The molecule has 3 saturated heterocycles. The van der Waals surface area contributed by atoms with Gasteiger partial charge in [0.25, 0.3) is 0 Å². The molecular formula is C28H37Cl2N7O3. The molecule has 1 aliphatic carbocycles. The minimum atomic E-state index is -0.212. The van der Waals surface area contributed by atoms with Gasteiger partial charge in [-0.2, -0.15) is 0 Å². The quantitative estimate of drug-likeness (QED) is 0.543. The first-order valence-corrected chi connectivity index (χ1v) is 15.0. The number of pyridine rings is 2. The van der Waals surface area contributed by atoms with Gasteiger partial charge >= 0.3 is 6.03 Å². The first-order chi connectivity index (χ1) is 19.5. The number of carbonyl (C=O) groups excluding carboxylic acids is 1. The number of piperazine rings is 1. The SMILES string of the molecule is C[C@@H](OC1CCC2NNC(c3ccc(N4CCN(C(=O)N5CCOCC5)CC4)nc3)C2C1)c1c(Cl)cncc1Cl. The molecule has 3 aliphatic heterocycles. The van der Waals surface area contributed by atoms with Crippen molar-refractivity contribution < 1.29 is 14.3 Å². The smallest absolute Gasteiger partial charge is 0.320 e. The van der Waals surface area contributed by atoms with Crippen molar-refractivity contribution in [1.29, 1.82) is 0 Å². The van der Waals surface area contributed by atoms with E-state index in [4.69, 9.17) is 37.7 Å². The second kappa shape index (κ2) is 12.3. The van der Waals surface area contributed by atoms with Gasteiger partial charge in [0.15, 0.2) is 0 Å². The third-order valence-electron chi connectivity index (χ3n) is 8.68. The molecular weight excluding hydrogens is 553 g/mol. The lowest BCUT2D eigenvalue weighted by Crippen LogP contribution is -2.55. The number of rotatable bonds is 5. The average Bonchev–Trinajstić information content (AvgIpc) is 3.41. The van der Waals surface area contributed by atoms with Crippen molar-refractivity contribution in [2.45, 2.75) is 50.5 Å². The van der Waals surface area contributed by atoms with Crippen LogP contribution in [-0.2, 0) is 9.47 Å². The summed E-state index contributed by atoms with van der Waals surface area (Å²) in [5.41, 5.74) is 8.99. The number of nitrogens with zero attached hydrogens (tertiary/aromatic N) is 5. The molecule has 1 saturated carbocycles. The molecule has 4 aliphatic rings. The number of hydrogen-bond donors (Lipinski definition) is 2. The molecule has 0 bridgehead atoms. The number of halogens is 2. The van der Waals surface area contributed by atoms with Gasteiger partial charge in [-0.1, -0.05) is 29.3 Å². The third kappa shape index (κ3) is 5.89. The van der Waals surface area contributed by atoms with Gasteiger partial charge in [-0.05, 0) is 43.7 Å². The van der Waals surface area contributed by atoms with Crippen LogP contribution >= 0.6 is 23.2 Å². The number of carbonyl (C=O) groups is 1. The number of aromatic nitrogens is 2. The first-order valence-electron chi connectivity index (χ1n) is 14.3. The van der Waals surface area contributed by atoms with Gasteiger partial charge in [-0.15, -0.1) is 0 Å². The highest BCUT2D eigenvalue weighted by Gasteiger charge is 2.42. The number of urea groups is 1. The Kier molecular flexibility index (Phi) is 8.62. The van der Waals surface area contributed by atoms with Crippen LogP contribution in [0.15, 0.2) is 30.7 Å². The van der Waals surface area contributed by atoms with Crippen LogP contribution in [0.2, 0.25) is 10.0 Å². The highest BCUT2D eigenvalue weighted by atomic mass is 35.5. The summed E-state index contributed by atoms with van der Waals surface area (Å²) in [4.78, 5) is 27.8. The van der Waals surface area contributed by atoms with Gasteiger partial charge in [0.1, 0.15) is 5.82 Å². The lowest BCUT2D eigenvalue weighted by Gasteiger charge is -2.39. The fraction of sp³-hybridized carbons (Fsp3) is 0.607. The highest BCUT2D eigenvalue weighted by molar-refractivity contribution is 6.35. The molecule has 10 nitrogen and oxygen atoms in total. The van der Waals surface area contributed by atoms with Crippen LogP contribution in [0.25, 0.3) is 0 Å². The molecule has 5 heterocycles. The molecule has 2 N–H and O–H groups in total. The molecule has 12 heteroatoms. The van der Waals surface area contributed by atoms with E-state index in [2.05, 4.69) is 32.9 Å². The molecule has 0 aromatic carbocycles. The number of fused-ring (bicyclic) bond motifs is 1. The molecule has 2 amide bonds. The largest absolute Gasteiger partial charge is 0.378 e. The predicted molar refractivity (Wildman–Crippen MR) is 153 cm³/mol. The first kappa shape index (κ1) is 27.9. The number of ether oxygens (including phenoxy) is 2. The van der Waals surface area contributed by atoms with E-state index in [1.165, 1.54) is 5.56 Å². The zero-order valence-corrected chi connectivity index (χ0v) is 24.3. The monoisotopic (exact) mass is 589 g/mol. The normalized spacial score (nSPS) is 27.9. The fourth-order valence-corrected chi connectivity index (χ4v) is 7.16. The van der Waals surface area contributed by atoms with E-state index >= 15 is 0 Å². The summed E-state index contributed by atoms with van der Waals surface area (Å²) < 4.78 is 11.9. The van der Waals surface area contributed by atoms with Crippen molar-refractivity contribution >= 4 is 35.1 Å². The number of hydrazine groups is 1. The molecule has 216 valence electrons. The summed E-state index contributed by atoms with van der Waals surface area (Å²) in [5, 5.41) is 1.07. The molecule has 0 spiro atoms. The van der Waals surface area contributed by atoms with E-state index < -0.39 is 0 Å². The van der Waals surface area contributed by atoms with E-state index in [-0.39, 0.29) is 24.3 Å². The van der Waals surface area contributed by atoms with Gasteiger partial charge in [-0.3, -0.25) is 10.4 Å². The Hall–Kier alpha value is -2.21. The molecule has 0 radical (unpaired) electrons. The van der Waals surface area contributed by atoms with Crippen molar-refractivity contribution in [3.8, 4) is 0 Å². The second-order valence-electron chi connectivity index (χ2n) is 11.1. The van der Waals surface area contributed by atoms with Crippen molar-refractivity contribution in [3.05, 3.63) is 51.9 Å². The lowest BCUT2D eigenvalue weighted by molar-refractivity contribution is -0.0370. The molecule has 4 unspecified atom stereocenters. The van der Waals surface area contributed by atoms with E-state index in [0.717, 1.165) is 43.7 Å². The standard InChI is InChI=1S/C28H37Cl2N7O3/c1-18(26-22(29)16-31-17-23(26)30)40-20-3-4-24-21(14-20)27(34-33-24)19-2-5-25(32-15-19)35-6-8-36(9-7-35)28(38)37-10-12-39-13-11-37/h2,5,15-18,20-21,24,27,33-34H,3-4,6-14H2,1H3/t18-,20?,21?,24?,27?/m1/s1. The van der Waals surface area contributed by atoms with E-state index in [9.17, 15) is 4.79 Å². The molecule has 2 aromatic rings. The number of anilines is 1. The Labute approximate surface area is 245 Å². The Morgan fingerprint density at radius 2 is 1.73 bits per heavy atom. The fourth-order valence-electron chi connectivity index (χ4n) is 6.49. The van der Waals surface area contributed by atoms with E-state index in [0.29, 0.717) is 61.4 Å².